The molecule has 0 fully saturated rings. The Morgan fingerprint density at radius 3 is 2.45 bits per heavy atom. The molecule has 20 heavy (non-hydrogen) atoms. The van der Waals surface area contributed by atoms with E-state index in [0.717, 1.165) is 28.9 Å². The molecule has 3 aromatic rings. The van der Waals surface area contributed by atoms with Gasteiger partial charge in [0.1, 0.15) is 5.52 Å². The van der Waals surface area contributed by atoms with Crippen molar-refractivity contribution < 1.29 is 4.42 Å². The Balaban J connectivity index is 2.01. The number of fused-ring (bicyclic) bond motifs is 1. The topological polar surface area (TPSA) is 38.1 Å². The molecule has 0 saturated heterocycles. The predicted octanol–water partition coefficient (Wildman–Crippen LogP) is 4.54. The third kappa shape index (κ3) is 2.27. The van der Waals surface area contributed by atoms with Crippen LogP contribution in [0.3, 0.4) is 0 Å². The van der Waals surface area contributed by atoms with Crippen LogP contribution in [0.4, 0.5) is 5.69 Å². The molecule has 1 heterocycles. The molecule has 0 radical (unpaired) electrons. The summed E-state index contributed by atoms with van der Waals surface area (Å²) < 4.78 is 5.86. The van der Waals surface area contributed by atoms with Crippen molar-refractivity contribution in [3.05, 3.63) is 47.5 Å². The van der Waals surface area contributed by atoms with Crippen LogP contribution >= 0.6 is 0 Å². The Morgan fingerprint density at radius 2 is 1.75 bits per heavy atom. The SMILES string of the molecule is CCNc1ccc(-c2nc3cc(C)c(C)cc3o2)cc1. The van der Waals surface area contributed by atoms with Gasteiger partial charge in [0, 0.05) is 17.8 Å². The summed E-state index contributed by atoms with van der Waals surface area (Å²) in [5.41, 5.74) is 6.33. The Bertz CT molecular complexity index is 703. The van der Waals surface area contributed by atoms with Gasteiger partial charge in [-0.25, -0.2) is 4.98 Å². The van der Waals surface area contributed by atoms with Crippen molar-refractivity contribution in [3.8, 4) is 11.5 Å². The highest BCUT2D eigenvalue weighted by Crippen LogP contribution is 2.27. The molecule has 2 aromatic carbocycles. The molecule has 1 N–H and O–H groups in total. The van der Waals surface area contributed by atoms with Gasteiger partial charge in [-0.2, -0.15) is 0 Å². The van der Waals surface area contributed by atoms with Gasteiger partial charge in [-0.1, -0.05) is 0 Å². The first-order valence-corrected chi connectivity index (χ1v) is 6.89. The number of anilines is 1. The van der Waals surface area contributed by atoms with Crippen LogP contribution in [-0.2, 0) is 0 Å². The highest BCUT2D eigenvalue weighted by atomic mass is 16.3. The van der Waals surface area contributed by atoms with E-state index in [0.29, 0.717) is 5.89 Å². The minimum absolute atomic E-state index is 0.674. The summed E-state index contributed by atoms with van der Waals surface area (Å²) in [5, 5.41) is 3.28. The van der Waals surface area contributed by atoms with Crippen LogP contribution in [0.25, 0.3) is 22.6 Å². The summed E-state index contributed by atoms with van der Waals surface area (Å²) >= 11 is 0. The smallest absolute Gasteiger partial charge is 0.227 e. The minimum atomic E-state index is 0.674. The first-order chi connectivity index (χ1) is 9.67. The number of rotatable bonds is 3. The lowest BCUT2D eigenvalue weighted by molar-refractivity contribution is 0.619. The second-order valence-electron chi connectivity index (χ2n) is 5.03. The van der Waals surface area contributed by atoms with E-state index in [1.54, 1.807) is 0 Å². The number of hydrogen-bond acceptors (Lipinski definition) is 3. The zero-order valence-electron chi connectivity index (χ0n) is 12.0. The fraction of sp³-hybridized carbons (Fsp3) is 0.235. The molecule has 0 aliphatic heterocycles. The third-order valence-corrected chi connectivity index (χ3v) is 3.52. The van der Waals surface area contributed by atoms with Crippen LogP contribution < -0.4 is 5.32 Å². The van der Waals surface area contributed by atoms with Gasteiger partial charge >= 0.3 is 0 Å². The Kier molecular flexibility index (Phi) is 3.18. The van der Waals surface area contributed by atoms with E-state index in [9.17, 15) is 0 Å². The number of aryl methyl sites for hydroxylation is 2. The van der Waals surface area contributed by atoms with Gasteiger partial charge in [0.05, 0.1) is 0 Å². The summed E-state index contributed by atoms with van der Waals surface area (Å²) in [5.74, 6) is 0.674. The summed E-state index contributed by atoms with van der Waals surface area (Å²) in [7, 11) is 0. The van der Waals surface area contributed by atoms with Crippen molar-refractivity contribution in [1.82, 2.24) is 4.98 Å². The molecule has 102 valence electrons. The lowest BCUT2D eigenvalue weighted by atomic mass is 10.1. The fourth-order valence-corrected chi connectivity index (χ4v) is 2.24. The van der Waals surface area contributed by atoms with Crippen molar-refractivity contribution in [3.63, 3.8) is 0 Å². The van der Waals surface area contributed by atoms with Gasteiger partial charge in [0.15, 0.2) is 5.58 Å². The highest BCUT2D eigenvalue weighted by molar-refractivity contribution is 5.78. The number of benzene rings is 2. The summed E-state index contributed by atoms with van der Waals surface area (Å²) in [4.78, 5) is 4.57. The average Bonchev–Trinajstić information content (AvgIpc) is 2.83. The molecule has 3 nitrogen and oxygen atoms in total. The number of nitrogens with zero attached hydrogens (tertiary/aromatic N) is 1. The second-order valence-corrected chi connectivity index (χ2v) is 5.03. The average molecular weight is 266 g/mol. The van der Waals surface area contributed by atoms with Crippen LogP contribution in [0.1, 0.15) is 18.1 Å². The third-order valence-electron chi connectivity index (χ3n) is 3.52. The predicted molar refractivity (Wildman–Crippen MR) is 83.1 cm³/mol. The molecule has 3 rings (SSSR count). The molecular weight excluding hydrogens is 248 g/mol. The zero-order chi connectivity index (χ0) is 14.1. The monoisotopic (exact) mass is 266 g/mol. The Labute approximate surface area is 118 Å². The van der Waals surface area contributed by atoms with Crippen molar-refractivity contribution >= 4 is 16.8 Å². The van der Waals surface area contributed by atoms with Crippen LogP contribution in [0.15, 0.2) is 40.8 Å². The maximum absolute atomic E-state index is 5.86. The van der Waals surface area contributed by atoms with Gasteiger partial charge in [-0.15, -0.1) is 0 Å². The molecule has 0 saturated carbocycles. The van der Waals surface area contributed by atoms with Gasteiger partial charge < -0.3 is 9.73 Å². The maximum Gasteiger partial charge on any atom is 0.227 e. The van der Waals surface area contributed by atoms with E-state index >= 15 is 0 Å². The van der Waals surface area contributed by atoms with E-state index < -0.39 is 0 Å². The van der Waals surface area contributed by atoms with Crippen LogP contribution in [0, 0.1) is 13.8 Å². The maximum atomic E-state index is 5.86. The molecule has 0 atom stereocenters. The minimum Gasteiger partial charge on any atom is -0.436 e. The van der Waals surface area contributed by atoms with Crippen molar-refractivity contribution in [2.24, 2.45) is 0 Å². The quantitative estimate of drug-likeness (QED) is 0.756. The molecule has 0 unspecified atom stereocenters. The zero-order valence-corrected chi connectivity index (χ0v) is 12.0. The summed E-state index contributed by atoms with van der Waals surface area (Å²) in [6, 6.07) is 12.3. The number of aromatic nitrogens is 1. The first kappa shape index (κ1) is 12.7. The van der Waals surface area contributed by atoms with E-state index in [4.69, 9.17) is 4.42 Å². The number of oxazole rings is 1. The van der Waals surface area contributed by atoms with E-state index in [1.807, 2.05) is 30.3 Å². The van der Waals surface area contributed by atoms with Gasteiger partial charge in [0.25, 0.3) is 0 Å². The van der Waals surface area contributed by atoms with Gasteiger partial charge in [-0.05, 0) is 68.3 Å². The molecule has 1 aromatic heterocycles. The number of hydrogen-bond donors (Lipinski definition) is 1. The van der Waals surface area contributed by atoms with Gasteiger partial charge in [-0.3, -0.25) is 0 Å². The lowest BCUT2D eigenvalue weighted by Crippen LogP contribution is -1.95. The van der Waals surface area contributed by atoms with Crippen LogP contribution in [-0.4, -0.2) is 11.5 Å². The summed E-state index contributed by atoms with van der Waals surface area (Å²) in [6.07, 6.45) is 0. The Morgan fingerprint density at radius 1 is 1.05 bits per heavy atom. The standard InChI is InChI=1S/C17H18N2O/c1-4-18-14-7-5-13(6-8-14)17-19-15-9-11(2)12(3)10-16(15)20-17/h5-10,18H,4H2,1-3H3. The summed E-state index contributed by atoms with van der Waals surface area (Å²) in [6.45, 7) is 7.18. The van der Waals surface area contributed by atoms with E-state index in [1.165, 1.54) is 11.1 Å². The molecule has 0 spiro atoms. The largest absolute Gasteiger partial charge is 0.436 e. The first-order valence-electron chi connectivity index (χ1n) is 6.89. The van der Waals surface area contributed by atoms with Crippen molar-refractivity contribution in [2.45, 2.75) is 20.8 Å². The molecular formula is C17H18N2O. The van der Waals surface area contributed by atoms with Crippen LogP contribution in [0.5, 0.6) is 0 Å². The molecule has 0 aliphatic rings. The fourth-order valence-electron chi connectivity index (χ4n) is 2.24. The highest BCUT2D eigenvalue weighted by Gasteiger charge is 2.09. The molecule has 3 heteroatoms. The molecule has 0 amide bonds. The lowest BCUT2D eigenvalue weighted by Gasteiger charge is -2.02. The molecule has 0 bridgehead atoms. The van der Waals surface area contributed by atoms with E-state index in [2.05, 4.69) is 37.1 Å². The Hall–Kier alpha value is -2.29. The van der Waals surface area contributed by atoms with Crippen molar-refractivity contribution in [1.29, 1.82) is 0 Å². The normalized spacial score (nSPS) is 10.9. The van der Waals surface area contributed by atoms with Crippen molar-refractivity contribution in [2.75, 3.05) is 11.9 Å². The van der Waals surface area contributed by atoms with Gasteiger partial charge in [0.2, 0.25) is 5.89 Å². The molecule has 0 aliphatic carbocycles. The number of nitrogens with one attached hydrogen (secondary N) is 1. The van der Waals surface area contributed by atoms with E-state index in [-0.39, 0.29) is 0 Å². The second kappa shape index (κ2) is 5.00. The van der Waals surface area contributed by atoms with Crippen LogP contribution in [0.2, 0.25) is 0 Å².